The molecule has 0 aliphatic rings. The zero-order valence-corrected chi connectivity index (χ0v) is 9.02. The molecule has 0 aliphatic heterocycles. The van der Waals surface area contributed by atoms with E-state index in [1.807, 2.05) is 0 Å². The van der Waals surface area contributed by atoms with Crippen LogP contribution in [0.25, 0.3) is 0 Å². The summed E-state index contributed by atoms with van der Waals surface area (Å²) in [7, 11) is -2.54. The summed E-state index contributed by atoms with van der Waals surface area (Å²) in [4.78, 5) is 8.44. The number of ether oxygens (including phenoxy) is 1. The second-order valence-electron chi connectivity index (χ2n) is 2.75. The van der Waals surface area contributed by atoms with Crippen LogP contribution in [-0.4, -0.2) is 11.5 Å². The van der Waals surface area contributed by atoms with E-state index in [9.17, 15) is 4.57 Å². The predicted molar refractivity (Wildman–Crippen MR) is 56.7 cm³/mol. The van der Waals surface area contributed by atoms with Crippen LogP contribution in [0.3, 0.4) is 0 Å². The molecule has 1 unspecified atom stereocenters. The van der Waals surface area contributed by atoms with Gasteiger partial charge in [0.05, 0.1) is 0 Å². The normalized spacial score (nSPS) is 10.9. The van der Waals surface area contributed by atoms with Gasteiger partial charge < -0.3 is 4.74 Å². The summed E-state index contributed by atoms with van der Waals surface area (Å²) in [5.74, 6) is 0.729. The third kappa shape index (κ3) is 4.70. The molecule has 0 radical (unpaired) electrons. The van der Waals surface area contributed by atoms with E-state index in [4.69, 9.17) is 9.63 Å². The molecule has 0 fully saturated rings. The van der Waals surface area contributed by atoms with Crippen LogP contribution in [0.15, 0.2) is 36.9 Å². The molecule has 1 rings (SSSR count). The summed E-state index contributed by atoms with van der Waals surface area (Å²) in [6.45, 7) is 4.11. The maximum atomic E-state index is 10.3. The highest BCUT2D eigenvalue weighted by atomic mass is 31.1. The largest absolute Gasteiger partial charge is 0.695 e. The minimum absolute atomic E-state index is 0.118. The van der Waals surface area contributed by atoms with Crippen LogP contribution < -0.4 is 4.74 Å². The van der Waals surface area contributed by atoms with Crippen molar-refractivity contribution >= 4 is 8.25 Å². The molecule has 0 saturated carbocycles. The van der Waals surface area contributed by atoms with Crippen molar-refractivity contribution in [2.24, 2.45) is 0 Å². The molecule has 1 N–H and O–H groups in total. The second kappa shape index (κ2) is 6.30. The van der Waals surface area contributed by atoms with Crippen LogP contribution in [0.1, 0.15) is 5.56 Å². The molecule has 5 heteroatoms. The lowest BCUT2D eigenvalue weighted by atomic mass is 10.2. The van der Waals surface area contributed by atoms with Crippen molar-refractivity contribution < 1.29 is 18.7 Å². The van der Waals surface area contributed by atoms with E-state index in [0.29, 0.717) is 6.61 Å². The molecular weight excluding hydrogens is 215 g/mol. The van der Waals surface area contributed by atoms with E-state index in [2.05, 4.69) is 11.1 Å². The highest BCUT2D eigenvalue weighted by molar-refractivity contribution is 7.32. The maximum absolute atomic E-state index is 10.3. The molecule has 0 aliphatic carbocycles. The van der Waals surface area contributed by atoms with Crippen molar-refractivity contribution in [3.63, 3.8) is 0 Å². The molecule has 1 atom stereocenters. The van der Waals surface area contributed by atoms with Gasteiger partial charge in [-0.2, -0.15) is 0 Å². The van der Waals surface area contributed by atoms with E-state index >= 15 is 0 Å². The van der Waals surface area contributed by atoms with E-state index < -0.39 is 8.25 Å². The van der Waals surface area contributed by atoms with Gasteiger partial charge in [0.25, 0.3) is 0 Å². The first kappa shape index (κ1) is 11.9. The molecule has 0 amide bonds. The van der Waals surface area contributed by atoms with Gasteiger partial charge in [-0.05, 0) is 17.7 Å². The van der Waals surface area contributed by atoms with Crippen molar-refractivity contribution in [2.75, 3.05) is 6.61 Å². The monoisotopic (exact) mass is 227 g/mol. The van der Waals surface area contributed by atoms with E-state index in [1.165, 1.54) is 0 Å². The van der Waals surface area contributed by atoms with E-state index in [0.717, 1.165) is 11.3 Å². The van der Waals surface area contributed by atoms with Crippen LogP contribution in [0.2, 0.25) is 0 Å². The molecule has 0 aromatic heterocycles. The minimum atomic E-state index is -2.54. The summed E-state index contributed by atoms with van der Waals surface area (Å²) in [5, 5.41) is 0. The van der Waals surface area contributed by atoms with Gasteiger partial charge in [-0.1, -0.05) is 24.8 Å². The Balaban J connectivity index is 2.48. The summed E-state index contributed by atoms with van der Waals surface area (Å²) in [6, 6.07) is 7.09. The molecule has 0 heterocycles. The highest BCUT2D eigenvalue weighted by Crippen LogP contribution is 2.19. The Morgan fingerprint density at radius 3 is 2.60 bits per heavy atom. The first-order valence-corrected chi connectivity index (χ1v) is 5.47. The van der Waals surface area contributed by atoms with E-state index in [1.54, 1.807) is 30.3 Å². The zero-order valence-electron chi connectivity index (χ0n) is 8.13. The number of hydrogen-bond donors (Lipinski definition) is 1. The van der Waals surface area contributed by atoms with Crippen molar-refractivity contribution in [1.82, 2.24) is 0 Å². The molecule has 4 nitrogen and oxygen atoms in total. The highest BCUT2D eigenvalue weighted by Gasteiger charge is 2.11. The number of rotatable bonds is 6. The summed E-state index contributed by atoms with van der Waals surface area (Å²) in [6.07, 6.45) is 1.66. The molecule has 0 saturated heterocycles. The molecule has 1 aromatic carbocycles. The van der Waals surface area contributed by atoms with Gasteiger partial charge in [0.2, 0.25) is 0 Å². The number of benzene rings is 1. The van der Waals surface area contributed by atoms with Crippen molar-refractivity contribution in [1.29, 1.82) is 0 Å². The Labute approximate surface area is 89.1 Å². The fraction of sp³-hybridized carbons (Fsp3) is 0.200. The van der Waals surface area contributed by atoms with Gasteiger partial charge in [0.1, 0.15) is 19.0 Å². The molecular formula is C10H12O4P+. The standard InChI is InChI=1S/C10H11O4P/c1-2-7-13-10-5-3-9(4-6-10)8-14-15(11)12/h2-6H,1,7-8H2/p+1. The Morgan fingerprint density at radius 1 is 1.40 bits per heavy atom. The molecule has 80 valence electrons. The zero-order chi connectivity index (χ0) is 11.1. The van der Waals surface area contributed by atoms with Crippen LogP contribution in [0.4, 0.5) is 0 Å². The SMILES string of the molecule is C=CCOc1ccc(CO[P+](=O)O)cc1. The first-order valence-electron chi connectivity index (χ1n) is 4.34. The van der Waals surface area contributed by atoms with Gasteiger partial charge in [-0.3, -0.25) is 0 Å². The third-order valence-corrected chi connectivity index (χ3v) is 1.98. The van der Waals surface area contributed by atoms with Crippen LogP contribution >= 0.6 is 8.25 Å². The lowest BCUT2D eigenvalue weighted by Crippen LogP contribution is -1.93. The Bertz CT molecular complexity index is 334. The summed E-state index contributed by atoms with van der Waals surface area (Å²) in [5.41, 5.74) is 0.818. The molecule has 0 bridgehead atoms. The molecule has 0 spiro atoms. The lowest BCUT2D eigenvalue weighted by molar-refractivity contribution is 0.272. The molecule has 15 heavy (non-hydrogen) atoms. The minimum Gasteiger partial charge on any atom is -0.490 e. The Hall–Kier alpha value is -1.22. The topological polar surface area (TPSA) is 55.8 Å². The van der Waals surface area contributed by atoms with Crippen molar-refractivity contribution in [2.45, 2.75) is 6.61 Å². The van der Waals surface area contributed by atoms with Crippen molar-refractivity contribution in [3.8, 4) is 5.75 Å². The van der Waals surface area contributed by atoms with Gasteiger partial charge in [-0.25, -0.2) is 0 Å². The predicted octanol–water partition coefficient (Wildman–Crippen LogP) is 2.42. The fourth-order valence-electron chi connectivity index (χ4n) is 0.967. The van der Waals surface area contributed by atoms with Crippen LogP contribution in [0.5, 0.6) is 5.75 Å². The Morgan fingerprint density at radius 2 is 2.07 bits per heavy atom. The third-order valence-electron chi connectivity index (χ3n) is 1.63. The van der Waals surface area contributed by atoms with Gasteiger partial charge >= 0.3 is 8.25 Å². The summed E-state index contributed by atoms with van der Waals surface area (Å²) < 4.78 is 20.1. The quantitative estimate of drug-likeness (QED) is 0.599. The smallest absolute Gasteiger partial charge is 0.490 e. The first-order chi connectivity index (χ1) is 7.22. The average Bonchev–Trinajstić information content (AvgIpc) is 2.25. The van der Waals surface area contributed by atoms with E-state index in [-0.39, 0.29) is 6.61 Å². The second-order valence-corrected chi connectivity index (χ2v) is 3.49. The van der Waals surface area contributed by atoms with Crippen molar-refractivity contribution in [3.05, 3.63) is 42.5 Å². The average molecular weight is 227 g/mol. The van der Waals surface area contributed by atoms with Crippen LogP contribution in [0, 0.1) is 0 Å². The molecule has 1 aromatic rings. The fourth-order valence-corrected chi connectivity index (χ4v) is 1.23. The van der Waals surface area contributed by atoms with Gasteiger partial charge in [0, 0.05) is 4.57 Å². The maximum Gasteiger partial charge on any atom is 0.695 e. The van der Waals surface area contributed by atoms with Gasteiger partial charge in [0.15, 0.2) is 0 Å². The summed E-state index contributed by atoms with van der Waals surface area (Å²) >= 11 is 0. The Kier molecular flexibility index (Phi) is 4.98. The lowest BCUT2D eigenvalue weighted by Gasteiger charge is -2.02. The van der Waals surface area contributed by atoms with Gasteiger partial charge in [-0.15, -0.1) is 9.42 Å². The van der Waals surface area contributed by atoms with Crippen LogP contribution in [-0.2, 0) is 15.7 Å². The number of hydrogen-bond acceptors (Lipinski definition) is 3.